The number of piperidine rings is 1. The van der Waals surface area contributed by atoms with Crippen LogP contribution in [0.25, 0.3) is 10.9 Å². The molecule has 22 rings (SSSR count). The summed E-state index contributed by atoms with van der Waals surface area (Å²) >= 11 is 7.03. The van der Waals surface area contributed by atoms with Crippen LogP contribution in [0.3, 0.4) is 0 Å². The van der Waals surface area contributed by atoms with Crippen molar-refractivity contribution in [1.82, 2.24) is 155 Å². The maximum absolute atomic E-state index is 13.9. The van der Waals surface area contributed by atoms with Crippen molar-refractivity contribution >= 4 is 122 Å². The highest BCUT2D eigenvalue weighted by Gasteiger charge is 2.30. The molecule has 18 heterocycles. The lowest BCUT2D eigenvalue weighted by molar-refractivity contribution is 0.0160. The molecule has 7 fully saturated rings. The summed E-state index contributed by atoms with van der Waals surface area (Å²) in [7, 11) is 0. The number of ether oxygens (including phenoxy) is 2. The van der Waals surface area contributed by atoms with Crippen LogP contribution in [-0.4, -0.2) is 288 Å². The average Bonchev–Trinajstić information content (AvgIpc) is 1.52. The Bertz CT molecular complexity index is 6240. The van der Waals surface area contributed by atoms with Gasteiger partial charge in [-0.25, -0.2) is 79.2 Å². The molecule has 8 N–H and O–H groups in total. The normalized spacial score (nSPS) is 17.1. The number of fused-ring (bicyclic) bond motifs is 1. The highest BCUT2D eigenvalue weighted by molar-refractivity contribution is 7.99. The number of nitrogens with one attached hydrogen (secondary N) is 8. The van der Waals surface area contributed by atoms with E-state index in [0.717, 1.165) is 218 Å². The second-order valence-electron chi connectivity index (χ2n) is 32.5. The number of halogens is 2. The molecule has 2 atom stereocenters. The van der Waals surface area contributed by atoms with E-state index in [0.29, 0.717) is 83.2 Å². The van der Waals surface area contributed by atoms with Crippen LogP contribution in [0.15, 0.2) is 188 Å². The summed E-state index contributed by atoms with van der Waals surface area (Å²) < 4.78 is 29.1. The van der Waals surface area contributed by atoms with E-state index < -0.39 is 0 Å². The first-order valence-corrected chi connectivity index (χ1v) is 45.7. The molecule has 2 unspecified atom stereocenters. The average molecular weight is 1850 g/mol. The van der Waals surface area contributed by atoms with Crippen molar-refractivity contribution in [3.63, 3.8) is 0 Å². The van der Waals surface area contributed by atoms with Gasteiger partial charge < -0.3 is 75.7 Å². The molecule has 0 spiro atoms. The minimum Gasteiger partial charge on any atom is -0.374 e. The van der Waals surface area contributed by atoms with Crippen molar-refractivity contribution in [2.75, 3.05) is 187 Å². The summed E-state index contributed by atoms with van der Waals surface area (Å²) in [6.07, 6.45) is 35.5. The van der Waals surface area contributed by atoms with Gasteiger partial charge in [-0.1, -0.05) is 54.2 Å². The van der Waals surface area contributed by atoms with Crippen LogP contribution in [0.1, 0.15) is 65.7 Å². The van der Waals surface area contributed by atoms with Gasteiger partial charge in [-0.15, -0.1) is 10.2 Å². The first-order chi connectivity index (χ1) is 66.0. The van der Waals surface area contributed by atoms with Crippen LogP contribution in [0.5, 0.6) is 0 Å². The molecule has 7 aliphatic rings. The summed E-state index contributed by atoms with van der Waals surface area (Å²) in [6.45, 7) is 19.1. The Balaban J connectivity index is 0.000000115. The zero-order valence-electron chi connectivity index (χ0n) is 73.3. The smallest absolute Gasteiger partial charge is 0.243 e. The highest BCUT2D eigenvalue weighted by Crippen LogP contribution is 2.40. The molecule has 3 aromatic carbocycles. The number of anilines is 15. The van der Waals surface area contributed by atoms with Crippen molar-refractivity contribution < 1.29 is 13.9 Å². The zero-order valence-corrected chi connectivity index (χ0v) is 74.9. The van der Waals surface area contributed by atoms with Gasteiger partial charge in [0.05, 0.1) is 97.8 Å². The van der Waals surface area contributed by atoms with Crippen LogP contribution in [-0.2, 0) is 29.0 Å². The number of aromatic nitrogens is 29. The predicted octanol–water partition coefficient (Wildman–Crippen LogP) is 8.07. The number of hydrogen-bond donors (Lipinski definition) is 8. The quantitative estimate of drug-likeness (QED) is 0.0268. The van der Waals surface area contributed by atoms with Gasteiger partial charge in [0, 0.05) is 201 Å². The van der Waals surface area contributed by atoms with E-state index in [1.54, 1.807) is 68.2 Å². The van der Waals surface area contributed by atoms with Crippen molar-refractivity contribution in [1.29, 1.82) is 0 Å². The van der Waals surface area contributed by atoms with Crippen LogP contribution in [0.2, 0.25) is 5.28 Å². The molecule has 0 amide bonds. The standard InChI is InChI=1S/C25H24N10.C23H30N10O.C21H21FN10S.C18H23ClN12O/c1-2-4-18(5-3-1)12-19-14-26-24(27-15-19)34-8-10-35(11-9-34)25-29-17-28-23(32-25)31-21-7-6-20-16-30-33-22(20)13-21;1-2-16(1)18-9-25-23(26-10-18)32-6-3-17(4-7-32)21-27-15-28-22(31-21)30-19-11-29-33(13-19)14-20-12-24-5-8-34-20;1-14-17(12-27-30-14)28-19-25-13-26-21(29-19)32-8-6-31(7-9-32)20-23-10-15(11-24-20)33-18-5-3-2-4-16(18)22;19-16-21-9-15(27-28-16)29-2-4-30(5-3-29)18-23-12-22-17(26-18)25-13-7-24-31(10-13)11-14-8-20-1-6-32-14/h1-7,13-17H,8-12H2,(H,30,33)(H,28,29,31,32);9-11,13,15-17,20,24H,1-8,12,14H2,(H,27,28,30,31);2-5,10-13H,6-9H2,1H3,(H,27,30)(H,25,26,28,29);7,9-10,12,14,20H,1-6,8,11H2,(H,22,23,25,26). The van der Waals surface area contributed by atoms with E-state index in [4.69, 9.17) is 26.1 Å². The topological polar surface area (TPSA) is 477 Å². The van der Waals surface area contributed by atoms with E-state index in [2.05, 4.69) is 221 Å². The molecule has 15 aromatic rings. The molecule has 44 nitrogen and oxygen atoms in total. The molecule has 0 bridgehead atoms. The van der Waals surface area contributed by atoms with E-state index in [-0.39, 0.29) is 23.3 Å². The number of hydrogen-bond acceptors (Lipinski definition) is 41. The van der Waals surface area contributed by atoms with E-state index >= 15 is 0 Å². The van der Waals surface area contributed by atoms with E-state index in [9.17, 15) is 4.39 Å². The van der Waals surface area contributed by atoms with Gasteiger partial charge in [0.25, 0.3) is 0 Å². The number of morpholine rings is 2. The summed E-state index contributed by atoms with van der Waals surface area (Å²) in [6, 6.07) is 23.0. The second-order valence-corrected chi connectivity index (χ2v) is 34.0. The van der Waals surface area contributed by atoms with E-state index in [1.807, 2.05) is 83.8 Å². The minimum absolute atomic E-state index is 0.119. The Morgan fingerprint density at radius 1 is 0.440 bits per heavy atom. The Morgan fingerprint density at radius 2 is 0.948 bits per heavy atom. The first-order valence-electron chi connectivity index (χ1n) is 44.5. The van der Waals surface area contributed by atoms with Gasteiger partial charge in [-0.2, -0.15) is 40.3 Å². The molecular weight excluding hydrogens is 1750 g/mol. The molecule has 134 heavy (non-hydrogen) atoms. The molecule has 6 aliphatic heterocycles. The Kier molecular flexibility index (Phi) is 28.5. The third-order valence-corrected chi connectivity index (χ3v) is 24.4. The number of rotatable bonds is 25. The number of H-pyrrole nitrogens is 2. The van der Waals surface area contributed by atoms with Gasteiger partial charge in [0.15, 0.2) is 5.82 Å². The summed E-state index contributed by atoms with van der Waals surface area (Å²) in [4.78, 5) is 101. The SMILES string of the molecule is Cc1[nH]ncc1Nc1ncnc(N2CCN(c3ncc(Sc4ccccc4F)cn3)CC2)n1.Clc1ncc(N2CCN(c3ncnc(Nc4cnn(CC5CNCCO5)c4)n3)CC2)nn1.c1ccc(Cc2cnc(N3CCN(c4ncnc(Nc5ccc6cn[nH]c6c5)n4)CC3)nc2)cc1.c1nc(Nc2cnn(CC3CNCCO3)c2)nc(C2CCN(c3ncc(C4CC4)cn3)CC2)n1. The number of nitrogens with zero attached hydrogens (tertiary/aromatic N) is 34. The number of benzene rings is 3. The largest absolute Gasteiger partial charge is 0.374 e. The Hall–Kier alpha value is -14.7. The number of aryl methyl sites for hydroxylation is 1. The fourth-order valence-corrected chi connectivity index (χ4v) is 16.7. The fraction of sp³-hybridized carbons (Fsp3) is 0.368. The Morgan fingerprint density at radius 3 is 1.49 bits per heavy atom. The molecule has 1 saturated carbocycles. The summed E-state index contributed by atoms with van der Waals surface area (Å²) in [5.74, 6) is 8.39. The van der Waals surface area contributed by atoms with E-state index in [1.165, 1.54) is 54.5 Å². The third-order valence-electron chi connectivity index (χ3n) is 23.2. The van der Waals surface area contributed by atoms with Crippen molar-refractivity contribution in [3.8, 4) is 0 Å². The lowest BCUT2D eigenvalue weighted by atomic mass is 9.96. The molecule has 688 valence electrons. The molecule has 1 aliphatic carbocycles. The number of piperazine rings is 3. The number of aromatic amines is 2. The van der Waals surface area contributed by atoms with Crippen LogP contribution < -0.4 is 66.2 Å². The Labute approximate surface area is 778 Å². The molecule has 6 saturated heterocycles. The maximum atomic E-state index is 13.9. The molecular formula is C87H98ClFN42O2S. The summed E-state index contributed by atoms with van der Waals surface area (Å²) in [5.41, 5.74) is 8.86. The highest BCUT2D eigenvalue weighted by atomic mass is 35.5. The van der Waals surface area contributed by atoms with Crippen LogP contribution in [0.4, 0.5) is 92.4 Å². The van der Waals surface area contributed by atoms with Crippen molar-refractivity contribution in [2.24, 2.45) is 0 Å². The van der Waals surface area contributed by atoms with Gasteiger partial charge in [-0.3, -0.25) is 19.6 Å². The first kappa shape index (κ1) is 88.5. The van der Waals surface area contributed by atoms with Crippen LogP contribution >= 0.6 is 23.4 Å². The van der Waals surface area contributed by atoms with Crippen LogP contribution in [0, 0.1) is 12.7 Å². The third kappa shape index (κ3) is 23.8. The maximum Gasteiger partial charge on any atom is 0.243 e. The van der Waals surface area contributed by atoms with Gasteiger partial charge >= 0.3 is 0 Å². The summed E-state index contributed by atoms with van der Waals surface area (Å²) in [5, 5.41) is 51.4. The monoisotopic (exact) mass is 1850 g/mol. The fourth-order valence-electron chi connectivity index (χ4n) is 15.8. The zero-order chi connectivity index (χ0) is 90.6. The lowest BCUT2D eigenvalue weighted by Gasteiger charge is -2.34. The van der Waals surface area contributed by atoms with Gasteiger partial charge in [0.2, 0.25) is 64.8 Å². The molecule has 12 aromatic heterocycles. The molecule has 47 heteroatoms. The predicted molar refractivity (Wildman–Crippen MR) is 502 cm³/mol. The lowest BCUT2D eigenvalue weighted by Crippen LogP contribution is -2.47. The molecule has 0 radical (unpaired) electrons. The van der Waals surface area contributed by atoms with Crippen molar-refractivity contribution in [3.05, 3.63) is 218 Å². The van der Waals surface area contributed by atoms with Gasteiger partial charge in [0.1, 0.15) is 37.0 Å². The minimum atomic E-state index is -0.251. The second kappa shape index (κ2) is 43.1. The van der Waals surface area contributed by atoms with Crippen molar-refractivity contribution in [2.45, 2.75) is 86.0 Å². The van der Waals surface area contributed by atoms with Gasteiger partial charge in [-0.05, 0) is 97.1 Å².